The van der Waals surface area contributed by atoms with Crippen molar-refractivity contribution in [2.24, 2.45) is 4.99 Å². The Morgan fingerprint density at radius 1 is 1.06 bits per heavy atom. The van der Waals surface area contributed by atoms with Gasteiger partial charge in [-0.25, -0.2) is 4.99 Å². The Hall–Kier alpha value is -3.41. The van der Waals surface area contributed by atoms with Gasteiger partial charge in [-0.05, 0) is 65.4 Å². The standard InChI is InChI=1S/C28H21ClN2O2S/c1-33-21-7-4-6-19(16-21)26-23-14-11-18-5-2-3-8-22(18)25(23)30-28-31(26)27(32)24(34-28)15-17-9-12-20(29)13-10-17/h2-10,12-13,15-16,26H,11,14H2,1H3. The predicted molar refractivity (Wildman–Crippen MR) is 137 cm³/mol. The highest BCUT2D eigenvalue weighted by Crippen LogP contribution is 2.41. The summed E-state index contributed by atoms with van der Waals surface area (Å²) in [6.45, 7) is 0. The van der Waals surface area contributed by atoms with Crippen LogP contribution in [0.5, 0.6) is 5.75 Å². The van der Waals surface area contributed by atoms with E-state index in [9.17, 15) is 4.79 Å². The highest BCUT2D eigenvalue weighted by Gasteiger charge is 2.32. The number of allylic oxidation sites excluding steroid dienone is 1. The molecule has 3 aromatic carbocycles. The van der Waals surface area contributed by atoms with E-state index in [4.69, 9.17) is 21.3 Å². The molecule has 0 bridgehead atoms. The minimum absolute atomic E-state index is 0.0306. The third-order valence-corrected chi connectivity index (χ3v) is 7.69. The lowest BCUT2D eigenvalue weighted by Crippen LogP contribution is -2.38. The Morgan fingerprint density at radius 2 is 1.88 bits per heavy atom. The lowest BCUT2D eigenvalue weighted by Gasteiger charge is -2.31. The minimum Gasteiger partial charge on any atom is -0.497 e. The average molecular weight is 485 g/mol. The fraction of sp³-hybridized carbons (Fsp3) is 0.143. The first-order valence-corrected chi connectivity index (χ1v) is 12.3. The molecule has 0 saturated heterocycles. The van der Waals surface area contributed by atoms with E-state index in [1.54, 1.807) is 7.11 Å². The van der Waals surface area contributed by atoms with Crippen LogP contribution in [0.25, 0.3) is 11.8 Å². The summed E-state index contributed by atoms with van der Waals surface area (Å²) in [7, 11) is 1.66. The first-order valence-electron chi connectivity index (χ1n) is 11.1. The number of methoxy groups -OCH3 is 1. The van der Waals surface area contributed by atoms with Crippen LogP contribution in [0.15, 0.2) is 88.2 Å². The van der Waals surface area contributed by atoms with Gasteiger partial charge in [0.05, 0.1) is 23.4 Å². The van der Waals surface area contributed by atoms with Crippen molar-refractivity contribution < 1.29 is 4.74 Å². The van der Waals surface area contributed by atoms with E-state index in [2.05, 4.69) is 30.3 Å². The van der Waals surface area contributed by atoms with Gasteiger partial charge in [-0.15, -0.1) is 0 Å². The molecule has 168 valence electrons. The van der Waals surface area contributed by atoms with Gasteiger partial charge >= 0.3 is 0 Å². The molecule has 1 aliphatic carbocycles. The van der Waals surface area contributed by atoms with Crippen LogP contribution in [0.3, 0.4) is 0 Å². The molecule has 4 aromatic rings. The van der Waals surface area contributed by atoms with Gasteiger partial charge in [0.25, 0.3) is 5.56 Å². The normalized spacial score (nSPS) is 17.0. The van der Waals surface area contributed by atoms with E-state index in [1.807, 2.05) is 53.1 Å². The maximum atomic E-state index is 13.7. The number of ether oxygens (including phenoxy) is 1. The van der Waals surface area contributed by atoms with Crippen molar-refractivity contribution in [3.8, 4) is 5.75 Å². The fourth-order valence-corrected chi connectivity index (χ4v) is 5.97. The first-order chi connectivity index (χ1) is 16.6. The highest BCUT2D eigenvalue weighted by molar-refractivity contribution is 7.07. The number of fused-ring (bicyclic) bond motifs is 3. The molecule has 0 amide bonds. The Balaban J connectivity index is 1.62. The number of rotatable bonds is 3. The van der Waals surface area contributed by atoms with Gasteiger partial charge in [0, 0.05) is 10.6 Å². The first kappa shape index (κ1) is 21.1. The second kappa shape index (κ2) is 8.42. The second-order valence-corrected chi connectivity index (χ2v) is 9.89. The number of hydrogen-bond donors (Lipinski definition) is 0. The molecule has 0 fully saturated rings. The van der Waals surface area contributed by atoms with Gasteiger partial charge < -0.3 is 4.74 Å². The number of thiazole rings is 1. The minimum atomic E-state index is -0.220. The van der Waals surface area contributed by atoms with Gasteiger partial charge in [-0.1, -0.05) is 71.5 Å². The predicted octanol–water partition coefficient (Wildman–Crippen LogP) is 4.98. The van der Waals surface area contributed by atoms with E-state index in [0.717, 1.165) is 41.0 Å². The Bertz CT molecular complexity index is 1630. The van der Waals surface area contributed by atoms with Crippen LogP contribution >= 0.6 is 22.9 Å². The molecule has 0 radical (unpaired) electrons. The molecule has 0 spiro atoms. The van der Waals surface area contributed by atoms with E-state index in [0.29, 0.717) is 14.4 Å². The quantitative estimate of drug-likeness (QED) is 0.411. The molecule has 6 rings (SSSR count). The van der Waals surface area contributed by atoms with Gasteiger partial charge in [-0.2, -0.15) is 0 Å². The summed E-state index contributed by atoms with van der Waals surface area (Å²) in [5.41, 5.74) is 6.56. The van der Waals surface area contributed by atoms with Crippen LogP contribution in [0, 0.1) is 0 Å². The van der Waals surface area contributed by atoms with Crippen molar-refractivity contribution >= 4 is 34.7 Å². The van der Waals surface area contributed by atoms with Crippen molar-refractivity contribution in [2.45, 2.75) is 18.9 Å². The lowest BCUT2D eigenvalue weighted by molar-refractivity contribution is 0.413. The van der Waals surface area contributed by atoms with E-state index >= 15 is 0 Å². The Morgan fingerprint density at radius 3 is 2.71 bits per heavy atom. The number of halogens is 1. The van der Waals surface area contributed by atoms with Crippen LogP contribution in [0.2, 0.25) is 5.02 Å². The molecular weight excluding hydrogens is 464 g/mol. The van der Waals surface area contributed by atoms with Crippen molar-refractivity contribution in [3.63, 3.8) is 0 Å². The van der Waals surface area contributed by atoms with Gasteiger partial charge in [0.15, 0.2) is 4.80 Å². The largest absolute Gasteiger partial charge is 0.497 e. The molecule has 1 atom stereocenters. The summed E-state index contributed by atoms with van der Waals surface area (Å²) in [6.07, 6.45) is 3.71. The zero-order valence-electron chi connectivity index (χ0n) is 18.5. The Labute approximate surface area is 205 Å². The molecule has 34 heavy (non-hydrogen) atoms. The number of nitrogens with zero attached hydrogens (tertiary/aromatic N) is 2. The zero-order valence-corrected chi connectivity index (χ0v) is 20.1. The number of benzene rings is 3. The number of hydrogen-bond acceptors (Lipinski definition) is 4. The third-order valence-electron chi connectivity index (χ3n) is 6.45. The summed E-state index contributed by atoms with van der Waals surface area (Å²) < 4.78 is 8.02. The molecule has 2 heterocycles. The van der Waals surface area contributed by atoms with Crippen LogP contribution in [-0.2, 0) is 6.42 Å². The SMILES string of the molecule is COc1cccc(C2C3=C(N=c4sc(=Cc5ccc(Cl)cc5)c(=O)n42)c2ccccc2CC3)c1. The van der Waals surface area contributed by atoms with Crippen LogP contribution in [-0.4, -0.2) is 11.7 Å². The van der Waals surface area contributed by atoms with Gasteiger partial charge in [0.1, 0.15) is 5.75 Å². The van der Waals surface area contributed by atoms with Crippen LogP contribution in [0.4, 0.5) is 0 Å². The second-order valence-electron chi connectivity index (χ2n) is 8.44. The summed E-state index contributed by atoms with van der Waals surface area (Å²) in [6, 6.07) is 23.7. The summed E-state index contributed by atoms with van der Waals surface area (Å²) in [5.74, 6) is 0.774. The van der Waals surface area contributed by atoms with Gasteiger partial charge in [0.2, 0.25) is 0 Å². The smallest absolute Gasteiger partial charge is 0.271 e. The lowest BCUT2D eigenvalue weighted by atomic mass is 9.83. The summed E-state index contributed by atoms with van der Waals surface area (Å²) >= 11 is 7.47. The molecule has 0 saturated carbocycles. The van der Waals surface area contributed by atoms with Crippen LogP contribution < -0.4 is 19.6 Å². The molecule has 2 aliphatic rings. The maximum absolute atomic E-state index is 13.7. The zero-order chi connectivity index (χ0) is 23.2. The molecule has 1 aliphatic heterocycles. The molecule has 6 heteroatoms. The third kappa shape index (κ3) is 3.52. The molecular formula is C28H21ClN2O2S. The van der Waals surface area contributed by atoms with Gasteiger partial charge in [-0.3, -0.25) is 9.36 Å². The fourth-order valence-electron chi connectivity index (χ4n) is 4.84. The molecule has 0 N–H and O–H groups in total. The van der Waals surface area contributed by atoms with E-state index in [-0.39, 0.29) is 11.6 Å². The van der Waals surface area contributed by atoms with Crippen LogP contribution in [0.1, 0.15) is 34.7 Å². The number of aromatic nitrogens is 1. The monoisotopic (exact) mass is 484 g/mol. The molecule has 1 unspecified atom stereocenters. The van der Waals surface area contributed by atoms with E-state index < -0.39 is 0 Å². The van der Waals surface area contributed by atoms with Crippen molar-refractivity contribution in [1.82, 2.24) is 4.57 Å². The number of aryl methyl sites for hydroxylation is 1. The molecule has 1 aromatic heterocycles. The topological polar surface area (TPSA) is 43.6 Å². The highest BCUT2D eigenvalue weighted by atomic mass is 35.5. The Kier molecular flexibility index (Phi) is 5.24. The summed E-state index contributed by atoms with van der Waals surface area (Å²) in [5, 5.41) is 0.669. The molecule has 4 nitrogen and oxygen atoms in total. The maximum Gasteiger partial charge on any atom is 0.271 e. The van der Waals surface area contributed by atoms with Crippen molar-refractivity contribution in [3.05, 3.63) is 125 Å². The van der Waals surface area contributed by atoms with Crippen molar-refractivity contribution in [2.75, 3.05) is 7.11 Å². The van der Waals surface area contributed by atoms with Crippen molar-refractivity contribution in [1.29, 1.82) is 0 Å². The van der Waals surface area contributed by atoms with E-state index in [1.165, 1.54) is 22.5 Å². The average Bonchev–Trinajstić information content (AvgIpc) is 3.18. The summed E-state index contributed by atoms with van der Waals surface area (Å²) in [4.78, 5) is 19.5.